The van der Waals surface area contributed by atoms with E-state index in [1.807, 2.05) is 0 Å². The van der Waals surface area contributed by atoms with Crippen molar-refractivity contribution in [3.8, 4) is 66.8 Å². The van der Waals surface area contributed by atoms with Gasteiger partial charge in [-0.3, -0.25) is 0 Å². The molecule has 0 saturated heterocycles. The molecule has 10 aromatic rings. The molecule has 0 heteroatoms. The summed E-state index contributed by atoms with van der Waals surface area (Å²) in [6.07, 6.45) is 0. The van der Waals surface area contributed by atoms with Crippen LogP contribution in [0.2, 0.25) is 0 Å². The molecule has 0 aliphatic heterocycles. The Morgan fingerprint density at radius 2 is 0.783 bits per heavy atom. The van der Waals surface area contributed by atoms with Gasteiger partial charge in [-0.05, 0) is 158 Å². The molecule has 0 aromatic heterocycles. The van der Waals surface area contributed by atoms with E-state index in [0.717, 1.165) is 0 Å². The van der Waals surface area contributed by atoms with Crippen LogP contribution in [0, 0.1) is 0 Å². The molecule has 2 aliphatic carbocycles. The zero-order valence-corrected chi connectivity index (χ0v) is 34.5. The molecule has 0 amide bonds. The van der Waals surface area contributed by atoms with Gasteiger partial charge in [-0.2, -0.15) is 0 Å². The summed E-state index contributed by atoms with van der Waals surface area (Å²) in [4.78, 5) is 0. The molecule has 60 heavy (non-hydrogen) atoms. The summed E-state index contributed by atoms with van der Waals surface area (Å²) in [5.41, 5.74) is 20.9. The molecule has 0 spiro atoms. The Bertz CT molecular complexity index is 3400. The molecule has 0 atom stereocenters. The van der Waals surface area contributed by atoms with Gasteiger partial charge in [-0.15, -0.1) is 0 Å². The summed E-state index contributed by atoms with van der Waals surface area (Å²) in [6, 6.07) is 73.0. The van der Waals surface area contributed by atoms with Gasteiger partial charge in [0.05, 0.1) is 0 Å². The summed E-state index contributed by atoms with van der Waals surface area (Å²) < 4.78 is 0. The van der Waals surface area contributed by atoms with Crippen molar-refractivity contribution in [1.82, 2.24) is 0 Å². The number of fused-ring (bicyclic) bond motifs is 10. The minimum atomic E-state index is -0.155. The highest BCUT2D eigenvalue weighted by atomic mass is 14.4. The van der Waals surface area contributed by atoms with Crippen LogP contribution in [0.25, 0.3) is 99.1 Å². The normalized spacial score (nSPS) is 14.3. The highest BCUT2D eigenvalue weighted by Gasteiger charge is 2.41. The molecule has 0 N–H and O–H groups in total. The van der Waals surface area contributed by atoms with E-state index in [-0.39, 0.29) is 10.8 Å². The molecule has 0 unspecified atom stereocenters. The van der Waals surface area contributed by atoms with Gasteiger partial charge in [0, 0.05) is 10.8 Å². The van der Waals surface area contributed by atoms with Crippen LogP contribution in [0.4, 0.5) is 0 Å². The maximum absolute atomic E-state index is 2.52. The first-order valence-electron chi connectivity index (χ1n) is 21.3. The quantitative estimate of drug-likeness (QED) is 0.124. The van der Waals surface area contributed by atoms with E-state index < -0.39 is 0 Å². The average molecular weight is 765 g/mol. The molecule has 10 aromatic carbocycles. The van der Waals surface area contributed by atoms with Gasteiger partial charge >= 0.3 is 0 Å². The molecule has 12 rings (SSSR count). The SMILES string of the molecule is CC1(C)c2ccccc2-c2cc3c(cc21)-c1ccc(-c2cc(-c4ccccc4)cc(-c4c5ccccc5c(-c5ccccc5)c5c4ccc4ccccc45)c2)cc1C3(C)C. The second-order valence-corrected chi connectivity index (χ2v) is 18.0. The van der Waals surface area contributed by atoms with E-state index >= 15 is 0 Å². The molecule has 0 radical (unpaired) electrons. The predicted octanol–water partition coefficient (Wildman–Crippen LogP) is 16.4. The molecule has 2 aliphatic rings. The van der Waals surface area contributed by atoms with E-state index in [1.165, 1.54) is 121 Å². The monoisotopic (exact) mass is 764 g/mol. The van der Waals surface area contributed by atoms with Crippen molar-refractivity contribution in [2.24, 2.45) is 0 Å². The van der Waals surface area contributed by atoms with Crippen LogP contribution < -0.4 is 0 Å². The minimum Gasteiger partial charge on any atom is -0.0622 e. The van der Waals surface area contributed by atoms with E-state index in [4.69, 9.17) is 0 Å². The zero-order chi connectivity index (χ0) is 40.3. The fraction of sp³-hybridized carbons (Fsp3) is 0.100. The second-order valence-electron chi connectivity index (χ2n) is 18.0. The lowest BCUT2D eigenvalue weighted by atomic mass is 9.79. The van der Waals surface area contributed by atoms with Gasteiger partial charge in [0.25, 0.3) is 0 Å². The van der Waals surface area contributed by atoms with Crippen LogP contribution >= 0.6 is 0 Å². The van der Waals surface area contributed by atoms with Crippen molar-refractivity contribution >= 4 is 32.3 Å². The van der Waals surface area contributed by atoms with Gasteiger partial charge in [-0.25, -0.2) is 0 Å². The van der Waals surface area contributed by atoms with Crippen molar-refractivity contribution in [1.29, 1.82) is 0 Å². The summed E-state index contributed by atoms with van der Waals surface area (Å²) in [6.45, 7) is 9.61. The average Bonchev–Trinajstić information content (AvgIpc) is 3.66. The smallest absolute Gasteiger partial charge is 0.0159 e. The number of hydrogen-bond donors (Lipinski definition) is 0. The summed E-state index contributed by atoms with van der Waals surface area (Å²) in [5, 5.41) is 7.63. The van der Waals surface area contributed by atoms with Crippen LogP contribution in [0.15, 0.2) is 194 Å². The molecule has 0 saturated carbocycles. The Hall–Kier alpha value is -7.02. The van der Waals surface area contributed by atoms with Crippen LogP contribution in [-0.2, 0) is 10.8 Å². The lowest BCUT2D eigenvalue weighted by Crippen LogP contribution is -2.17. The molecule has 0 fully saturated rings. The Morgan fingerprint density at radius 3 is 1.50 bits per heavy atom. The van der Waals surface area contributed by atoms with Crippen molar-refractivity contribution in [3.05, 3.63) is 216 Å². The number of hydrogen-bond acceptors (Lipinski definition) is 0. The van der Waals surface area contributed by atoms with Crippen LogP contribution in [-0.4, -0.2) is 0 Å². The molecular formula is C60H44. The summed E-state index contributed by atoms with van der Waals surface area (Å²) in [7, 11) is 0. The van der Waals surface area contributed by atoms with Crippen LogP contribution in [0.3, 0.4) is 0 Å². The number of rotatable bonds is 4. The van der Waals surface area contributed by atoms with Crippen molar-refractivity contribution in [2.75, 3.05) is 0 Å². The number of benzene rings is 10. The van der Waals surface area contributed by atoms with E-state index in [0.29, 0.717) is 0 Å². The van der Waals surface area contributed by atoms with Crippen LogP contribution in [0.1, 0.15) is 49.9 Å². The molecule has 0 bridgehead atoms. The van der Waals surface area contributed by atoms with Gasteiger partial charge in [0.2, 0.25) is 0 Å². The Balaban J connectivity index is 1.10. The van der Waals surface area contributed by atoms with Gasteiger partial charge in [-0.1, -0.05) is 185 Å². The topological polar surface area (TPSA) is 0 Å². The molecular weight excluding hydrogens is 721 g/mol. The third-order valence-corrected chi connectivity index (χ3v) is 14.0. The van der Waals surface area contributed by atoms with E-state index in [2.05, 4.69) is 222 Å². The van der Waals surface area contributed by atoms with Crippen molar-refractivity contribution in [2.45, 2.75) is 38.5 Å². The summed E-state index contributed by atoms with van der Waals surface area (Å²) >= 11 is 0. The third kappa shape index (κ3) is 4.98. The fourth-order valence-corrected chi connectivity index (χ4v) is 11.0. The molecule has 284 valence electrons. The first-order valence-corrected chi connectivity index (χ1v) is 21.3. The van der Waals surface area contributed by atoms with Crippen LogP contribution in [0.5, 0.6) is 0 Å². The highest BCUT2D eigenvalue weighted by Crippen LogP contribution is 2.57. The lowest BCUT2D eigenvalue weighted by molar-refractivity contribution is 0.652. The fourth-order valence-electron chi connectivity index (χ4n) is 11.0. The maximum Gasteiger partial charge on any atom is 0.0159 e. The van der Waals surface area contributed by atoms with Gasteiger partial charge in [0.15, 0.2) is 0 Å². The van der Waals surface area contributed by atoms with E-state index in [1.54, 1.807) is 0 Å². The maximum atomic E-state index is 2.52. The first kappa shape index (κ1) is 35.0. The second kappa shape index (κ2) is 12.7. The Morgan fingerprint density at radius 1 is 0.267 bits per heavy atom. The Kier molecular flexibility index (Phi) is 7.42. The minimum absolute atomic E-state index is 0.0397. The zero-order valence-electron chi connectivity index (χ0n) is 34.5. The highest BCUT2D eigenvalue weighted by molar-refractivity contribution is 6.28. The molecule has 0 heterocycles. The Labute approximate surface area is 352 Å². The lowest BCUT2D eigenvalue weighted by Gasteiger charge is -2.24. The van der Waals surface area contributed by atoms with Crippen molar-refractivity contribution in [3.63, 3.8) is 0 Å². The van der Waals surface area contributed by atoms with Crippen molar-refractivity contribution < 1.29 is 0 Å². The van der Waals surface area contributed by atoms with Gasteiger partial charge < -0.3 is 0 Å². The largest absolute Gasteiger partial charge is 0.0622 e. The van der Waals surface area contributed by atoms with Gasteiger partial charge in [0.1, 0.15) is 0 Å². The molecule has 0 nitrogen and oxygen atoms in total. The predicted molar refractivity (Wildman–Crippen MR) is 256 cm³/mol. The third-order valence-electron chi connectivity index (χ3n) is 14.0. The summed E-state index contributed by atoms with van der Waals surface area (Å²) in [5.74, 6) is 0. The van der Waals surface area contributed by atoms with E-state index in [9.17, 15) is 0 Å². The standard InChI is InChI=1S/C60H44/c1-59(2)52-26-16-15-23-45(52)50-35-55-51(36-54(50)59)46-29-28-40(34-53(46)60(55,3)4)42-31-41(37-17-7-5-8-18-37)32-43(33-42)56-47-24-13-14-25-48(47)57(39-20-9-6-10-21-39)58-44-22-12-11-19-38(44)27-30-49(56)58/h5-36H,1-4H3. The first-order chi connectivity index (χ1) is 29.3.